The van der Waals surface area contributed by atoms with Crippen molar-refractivity contribution < 1.29 is 23.5 Å². The number of carbonyl (C=O) groups excluding carboxylic acids is 1. The number of carboxylic acids is 1. The number of furan rings is 1. The van der Waals surface area contributed by atoms with E-state index in [1.807, 2.05) is 0 Å². The van der Waals surface area contributed by atoms with Crippen molar-refractivity contribution in [1.29, 1.82) is 0 Å². The van der Waals surface area contributed by atoms with Crippen LogP contribution in [0.15, 0.2) is 34.7 Å². The minimum atomic E-state index is -1.20. The van der Waals surface area contributed by atoms with Gasteiger partial charge >= 0.3 is 12.0 Å². The lowest BCUT2D eigenvalue weighted by molar-refractivity contribution is 0.0660. The summed E-state index contributed by atoms with van der Waals surface area (Å²) in [7, 11) is 0. The van der Waals surface area contributed by atoms with Gasteiger partial charge in [-0.2, -0.15) is 0 Å². The van der Waals surface area contributed by atoms with Crippen LogP contribution in [0.5, 0.6) is 0 Å². The minimum absolute atomic E-state index is 0.0254. The van der Waals surface area contributed by atoms with Crippen molar-refractivity contribution in [3.8, 4) is 0 Å². The summed E-state index contributed by atoms with van der Waals surface area (Å²) >= 11 is 5.59. The summed E-state index contributed by atoms with van der Waals surface area (Å²) in [4.78, 5) is 22.2. The van der Waals surface area contributed by atoms with Crippen molar-refractivity contribution in [3.05, 3.63) is 52.7 Å². The summed E-state index contributed by atoms with van der Waals surface area (Å²) in [5.74, 6) is -1.83. The third-order valence-electron chi connectivity index (χ3n) is 2.47. The Balaban J connectivity index is 1.91. The molecule has 0 bridgehead atoms. The molecule has 6 nitrogen and oxygen atoms in total. The average Bonchev–Trinajstić information content (AvgIpc) is 2.89. The predicted molar refractivity (Wildman–Crippen MR) is 72.9 cm³/mol. The highest BCUT2D eigenvalue weighted by Gasteiger charge is 2.11. The molecule has 3 N–H and O–H groups in total. The third kappa shape index (κ3) is 3.96. The molecule has 2 aromatic rings. The number of rotatable bonds is 4. The molecule has 0 aliphatic heterocycles. The van der Waals surface area contributed by atoms with Crippen LogP contribution >= 0.6 is 11.6 Å². The largest absolute Gasteiger partial charge is 0.475 e. The number of urea groups is 1. The van der Waals surface area contributed by atoms with Crippen molar-refractivity contribution in [2.45, 2.75) is 6.54 Å². The maximum absolute atomic E-state index is 13.5. The van der Waals surface area contributed by atoms with Crippen molar-refractivity contribution in [1.82, 2.24) is 5.32 Å². The molecule has 2 rings (SSSR count). The SMILES string of the molecule is O=C(NCc1ccc(C(=O)O)o1)Nc1ccc(Cl)cc1F. The lowest BCUT2D eigenvalue weighted by Crippen LogP contribution is -2.28. The summed E-state index contributed by atoms with van der Waals surface area (Å²) in [5, 5.41) is 13.6. The van der Waals surface area contributed by atoms with Crippen LogP contribution in [-0.2, 0) is 6.54 Å². The van der Waals surface area contributed by atoms with E-state index in [1.54, 1.807) is 0 Å². The van der Waals surface area contributed by atoms with Crippen LogP contribution in [0.2, 0.25) is 5.02 Å². The Morgan fingerprint density at radius 2 is 2.05 bits per heavy atom. The monoisotopic (exact) mass is 312 g/mol. The van der Waals surface area contributed by atoms with Gasteiger partial charge in [-0.15, -0.1) is 0 Å². The van der Waals surface area contributed by atoms with Gasteiger partial charge in [0.1, 0.15) is 11.6 Å². The highest BCUT2D eigenvalue weighted by atomic mass is 35.5. The second kappa shape index (κ2) is 6.27. The fourth-order valence-corrected chi connectivity index (χ4v) is 1.67. The van der Waals surface area contributed by atoms with Gasteiger partial charge in [-0.1, -0.05) is 11.6 Å². The fourth-order valence-electron chi connectivity index (χ4n) is 1.51. The molecule has 0 atom stereocenters. The van der Waals surface area contributed by atoms with Gasteiger partial charge < -0.3 is 20.2 Å². The van der Waals surface area contributed by atoms with Crippen LogP contribution in [0, 0.1) is 5.82 Å². The number of hydrogen-bond acceptors (Lipinski definition) is 3. The maximum atomic E-state index is 13.5. The summed E-state index contributed by atoms with van der Waals surface area (Å²) in [6.45, 7) is -0.0334. The molecular weight excluding hydrogens is 303 g/mol. The van der Waals surface area contributed by atoms with Gasteiger partial charge in [0.15, 0.2) is 0 Å². The highest BCUT2D eigenvalue weighted by Crippen LogP contribution is 2.18. The lowest BCUT2D eigenvalue weighted by atomic mass is 10.3. The van der Waals surface area contributed by atoms with Gasteiger partial charge in [-0.05, 0) is 30.3 Å². The number of hydrogen-bond donors (Lipinski definition) is 3. The Hall–Kier alpha value is -2.54. The van der Waals surface area contributed by atoms with Crippen molar-refractivity contribution in [2.75, 3.05) is 5.32 Å². The van der Waals surface area contributed by atoms with Crippen LogP contribution in [0.4, 0.5) is 14.9 Å². The predicted octanol–water partition coefficient (Wildman–Crippen LogP) is 3.09. The Labute approximate surface area is 123 Å². The number of benzene rings is 1. The number of aromatic carboxylic acids is 1. The van der Waals surface area contributed by atoms with Crippen LogP contribution < -0.4 is 10.6 Å². The molecule has 0 fully saturated rings. The zero-order chi connectivity index (χ0) is 15.4. The molecule has 1 aromatic carbocycles. The Bertz CT molecular complexity index is 687. The molecule has 1 aromatic heterocycles. The van der Waals surface area contributed by atoms with E-state index in [0.717, 1.165) is 6.07 Å². The number of carbonyl (C=O) groups is 2. The van der Waals surface area contributed by atoms with E-state index in [2.05, 4.69) is 10.6 Å². The molecule has 1 heterocycles. The first-order chi connectivity index (χ1) is 9.95. The minimum Gasteiger partial charge on any atom is -0.475 e. The molecular formula is C13H10ClFN2O4. The molecule has 0 aliphatic rings. The summed E-state index contributed by atoms with van der Waals surface area (Å²) in [6, 6.07) is 5.87. The Morgan fingerprint density at radius 1 is 1.29 bits per heavy atom. The molecule has 0 saturated heterocycles. The summed E-state index contributed by atoms with van der Waals surface area (Å²) in [5.41, 5.74) is -0.0254. The molecule has 0 radical (unpaired) electrons. The summed E-state index contributed by atoms with van der Waals surface area (Å²) in [6.07, 6.45) is 0. The van der Waals surface area contributed by atoms with Crippen molar-refractivity contribution in [2.24, 2.45) is 0 Å². The number of carboxylic acid groups (broad SMARTS) is 1. The van der Waals surface area contributed by atoms with Gasteiger partial charge in [0.25, 0.3) is 0 Å². The first-order valence-corrected chi connectivity index (χ1v) is 6.15. The molecule has 0 saturated carbocycles. The van der Waals surface area contributed by atoms with Crippen LogP contribution in [-0.4, -0.2) is 17.1 Å². The standard InChI is InChI=1S/C13H10ClFN2O4/c14-7-1-3-10(9(15)5-7)17-13(20)16-6-8-2-4-11(21-8)12(18)19/h1-5H,6H2,(H,18,19)(H2,16,17,20). The molecule has 21 heavy (non-hydrogen) atoms. The average molecular weight is 313 g/mol. The molecule has 110 valence electrons. The third-order valence-corrected chi connectivity index (χ3v) is 2.71. The van der Waals surface area contributed by atoms with E-state index in [9.17, 15) is 14.0 Å². The van der Waals surface area contributed by atoms with Gasteiger partial charge in [-0.3, -0.25) is 0 Å². The molecule has 0 unspecified atom stereocenters. The van der Waals surface area contributed by atoms with Crippen molar-refractivity contribution >= 4 is 29.3 Å². The molecule has 0 aliphatic carbocycles. The van der Waals surface area contributed by atoms with Gasteiger partial charge in [-0.25, -0.2) is 14.0 Å². The van der Waals surface area contributed by atoms with E-state index < -0.39 is 17.8 Å². The van der Waals surface area contributed by atoms with Crippen LogP contribution in [0.1, 0.15) is 16.3 Å². The fraction of sp³-hybridized carbons (Fsp3) is 0.0769. The number of nitrogens with one attached hydrogen (secondary N) is 2. The quantitative estimate of drug-likeness (QED) is 0.809. The Kier molecular flexibility index (Phi) is 4.44. The lowest BCUT2D eigenvalue weighted by Gasteiger charge is -2.07. The zero-order valence-corrected chi connectivity index (χ0v) is 11.3. The van der Waals surface area contributed by atoms with E-state index in [1.165, 1.54) is 24.3 Å². The molecule has 2 amide bonds. The molecule has 8 heteroatoms. The van der Waals surface area contributed by atoms with E-state index in [-0.39, 0.29) is 28.8 Å². The molecule has 0 spiro atoms. The van der Waals surface area contributed by atoms with Crippen molar-refractivity contribution in [3.63, 3.8) is 0 Å². The normalized spacial score (nSPS) is 10.2. The van der Waals surface area contributed by atoms with Gasteiger partial charge in [0.2, 0.25) is 5.76 Å². The summed E-state index contributed by atoms with van der Waals surface area (Å²) < 4.78 is 18.4. The number of halogens is 2. The maximum Gasteiger partial charge on any atom is 0.371 e. The first-order valence-electron chi connectivity index (χ1n) is 5.77. The second-order valence-corrected chi connectivity index (χ2v) is 4.44. The number of amides is 2. The second-order valence-electron chi connectivity index (χ2n) is 4.00. The topological polar surface area (TPSA) is 91.6 Å². The van der Waals surface area contributed by atoms with E-state index >= 15 is 0 Å². The van der Waals surface area contributed by atoms with Crippen LogP contribution in [0.3, 0.4) is 0 Å². The first kappa shape index (κ1) is 14.9. The van der Waals surface area contributed by atoms with Gasteiger partial charge in [0.05, 0.1) is 12.2 Å². The van der Waals surface area contributed by atoms with E-state index in [4.69, 9.17) is 21.1 Å². The van der Waals surface area contributed by atoms with E-state index in [0.29, 0.717) is 0 Å². The smallest absolute Gasteiger partial charge is 0.371 e. The highest BCUT2D eigenvalue weighted by molar-refractivity contribution is 6.30. The number of anilines is 1. The zero-order valence-electron chi connectivity index (χ0n) is 10.5. The van der Waals surface area contributed by atoms with Gasteiger partial charge in [0, 0.05) is 5.02 Å². The van der Waals surface area contributed by atoms with Crippen LogP contribution in [0.25, 0.3) is 0 Å². The Morgan fingerprint density at radius 3 is 2.67 bits per heavy atom.